The second-order valence-electron chi connectivity index (χ2n) is 14.5. The zero-order chi connectivity index (χ0) is 35.3. The lowest BCUT2D eigenvalue weighted by molar-refractivity contribution is 0.658. The van der Waals surface area contributed by atoms with Gasteiger partial charge >= 0.3 is 0 Å². The van der Waals surface area contributed by atoms with Crippen LogP contribution in [0.1, 0.15) is 47.8 Å². The van der Waals surface area contributed by atoms with E-state index in [2.05, 4.69) is 171 Å². The van der Waals surface area contributed by atoms with Crippen molar-refractivity contribution in [2.75, 3.05) is 0 Å². The highest BCUT2D eigenvalue weighted by atomic mass is 32.1. The summed E-state index contributed by atoms with van der Waals surface area (Å²) in [7, 11) is 0. The highest BCUT2D eigenvalue weighted by Gasteiger charge is 2.36. The summed E-state index contributed by atoms with van der Waals surface area (Å²) in [5.74, 6) is 1.53. The number of nitrogens with one attached hydrogen (secondary N) is 1. The van der Waals surface area contributed by atoms with Crippen LogP contribution in [0.2, 0.25) is 0 Å². The number of fused-ring (bicyclic) bond motifs is 9. The molecule has 5 heteroatoms. The van der Waals surface area contributed by atoms with Crippen LogP contribution in [-0.2, 0) is 5.41 Å². The second-order valence-corrected chi connectivity index (χ2v) is 15.6. The lowest BCUT2D eigenvalue weighted by atomic mass is 9.82. The first kappa shape index (κ1) is 30.3. The number of nitrogens with zero attached hydrogens (tertiary/aromatic N) is 2. The highest BCUT2D eigenvalue weighted by molar-refractivity contribution is 7.26. The maximum Gasteiger partial charge on any atom is 0.160 e. The van der Waals surface area contributed by atoms with Crippen molar-refractivity contribution in [2.45, 2.75) is 25.4 Å². The number of benzene rings is 7. The molecule has 1 unspecified atom stereocenters. The summed E-state index contributed by atoms with van der Waals surface area (Å²) >= 11 is 1.80. The molecule has 2 aliphatic rings. The van der Waals surface area contributed by atoms with Gasteiger partial charge in [0.1, 0.15) is 23.2 Å². The summed E-state index contributed by atoms with van der Waals surface area (Å²) in [4.78, 5) is 10.8. The number of furan rings is 1. The third kappa shape index (κ3) is 4.54. The number of aliphatic imine (C=N–C) groups is 2. The number of hydrogen-bond donors (Lipinski definition) is 1. The summed E-state index contributed by atoms with van der Waals surface area (Å²) in [5, 5.41) is 8.47. The van der Waals surface area contributed by atoms with Gasteiger partial charge in [-0.2, -0.15) is 0 Å². The smallest absolute Gasteiger partial charge is 0.160 e. The van der Waals surface area contributed by atoms with Gasteiger partial charge in [-0.1, -0.05) is 135 Å². The standard InChI is InChI=1S/C48H33N3OS/c1-48(2)37-21-8-6-15-31(37)32-26-25-29(27-38(32)48)45-49-46(51-47(50-45)36-20-10-18-34-33-16-7-9-24-41(33)53-44(34)36)35-19-12-23-40-43(35)42-30(17-11-22-39(42)52-40)28-13-4-3-5-14-28/h3-27,46H,1-2H3,(H,49,50,51). The molecule has 0 radical (unpaired) electrons. The summed E-state index contributed by atoms with van der Waals surface area (Å²) in [6, 6.07) is 54.0. The van der Waals surface area contributed by atoms with E-state index in [1.54, 1.807) is 11.3 Å². The van der Waals surface area contributed by atoms with Crippen molar-refractivity contribution in [1.29, 1.82) is 0 Å². The van der Waals surface area contributed by atoms with Gasteiger partial charge in [0, 0.05) is 53.1 Å². The van der Waals surface area contributed by atoms with Gasteiger partial charge in [-0.3, -0.25) is 0 Å². The van der Waals surface area contributed by atoms with Crippen LogP contribution < -0.4 is 5.32 Å². The summed E-state index contributed by atoms with van der Waals surface area (Å²) in [6.45, 7) is 4.65. The van der Waals surface area contributed by atoms with Gasteiger partial charge in [0.25, 0.3) is 0 Å². The van der Waals surface area contributed by atoms with Gasteiger partial charge in [0.15, 0.2) is 5.84 Å². The number of rotatable bonds is 4. The number of thiophene rings is 1. The molecule has 7 aromatic carbocycles. The van der Waals surface area contributed by atoms with E-state index in [9.17, 15) is 0 Å². The van der Waals surface area contributed by atoms with Crippen LogP contribution in [-0.4, -0.2) is 11.7 Å². The SMILES string of the molecule is CC1(C)c2ccccc2-c2ccc(C3=NC(c4cccc5c4sc4ccccc45)=NC(c4cccc5oc6cccc(-c7ccccc7)c6c45)N3)cc21. The molecule has 0 saturated heterocycles. The van der Waals surface area contributed by atoms with E-state index >= 15 is 0 Å². The normalized spacial score (nSPS) is 16.1. The van der Waals surface area contributed by atoms with Crippen molar-refractivity contribution in [3.63, 3.8) is 0 Å². The molecule has 2 aromatic heterocycles. The molecule has 0 bridgehead atoms. The zero-order valence-electron chi connectivity index (χ0n) is 29.2. The summed E-state index contributed by atoms with van der Waals surface area (Å²) in [6.07, 6.45) is -0.422. The van der Waals surface area contributed by atoms with Crippen LogP contribution in [0.5, 0.6) is 0 Å². The monoisotopic (exact) mass is 699 g/mol. The van der Waals surface area contributed by atoms with Gasteiger partial charge in [-0.15, -0.1) is 11.3 Å². The van der Waals surface area contributed by atoms with Gasteiger partial charge < -0.3 is 9.73 Å². The predicted molar refractivity (Wildman–Crippen MR) is 221 cm³/mol. The van der Waals surface area contributed by atoms with Gasteiger partial charge in [-0.25, -0.2) is 9.98 Å². The molecule has 4 nitrogen and oxygen atoms in total. The summed E-state index contributed by atoms with van der Waals surface area (Å²) in [5.41, 5.74) is 12.2. The van der Waals surface area contributed by atoms with Crippen LogP contribution in [0.4, 0.5) is 0 Å². The lowest BCUT2D eigenvalue weighted by Gasteiger charge is -2.26. The Hall–Kier alpha value is -6.30. The van der Waals surface area contributed by atoms with Crippen LogP contribution in [0.25, 0.3) is 64.4 Å². The molecule has 3 heterocycles. The van der Waals surface area contributed by atoms with E-state index in [-0.39, 0.29) is 5.41 Å². The van der Waals surface area contributed by atoms with Crippen LogP contribution in [0, 0.1) is 0 Å². The lowest BCUT2D eigenvalue weighted by Crippen LogP contribution is -2.34. The van der Waals surface area contributed by atoms with E-state index in [4.69, 9.17) is 14.4 Å². The van der Waals surface area contributed by atoms with Crippen molar-refractivity contribution >= 4 is 65.1 Å². The topological polar surface area (TPSA) is 49.9 Å². The van der Waals surface area contributed by atoms with Gasteiger partial charge in [-0.05, 0) is 63.7 Å². The zero-order valence-corrected chi connectivity index (χ0v) is 30.0. The molecule has 0 spiro atoms. The van der Waals surface area contributed by atoms with Crippen molar-refractivity contribution in [1.82, 2.24) is 5.32 Å². The molecule has 1 aliphatic carbocycles. The van der Waals surface area contributed by atoms with Gasteiger partial charge in [0.05, 0.1) is 0 Å². The minimum Gasteiger partial charge on any atom is -0.456 e. The number of amidine groups is 2. The Balaban J connectivity index is 1.14. The molecule has 0 fully saturated rings. The van der Waals surface area contributed by atoms with Crippen molar-refractivity contribution in [2.24, 2.45) is 9.98 Å². The fourth-order valence-electron chi connectivity index (χ4n) is 8.63. The largest absolute Gasteiger partial charge is 0.456 e. The van der Waals surface area contributed by atoms with Crippen molar-refractivity contribution in [3.05, 3.63) is 179 Å². The van der Waals surface area contributed by atoms with Crippen molar-refractivity contribution in [3.8, 4) is 22.3 Å². The molecule has 1 N–H and O–H groups in total. The van der Waals surface area contributed by atoms with Crippen LogP contribution in [0.15, 0.2) is 166 Å². The minimum atomic E-state index is -0.422. The minimum absolute atomic E-state index is 0.134. The Kier molecular flexibility index (Phi) is 6.50. The molecule has 11 rings (SSSR count). The molecule has 9 aromatic rings. The first-order chi connectivity index (χ1) is 26.0. The average Bonchev–Trinajstić information content (AvgIpc) is 3.86. The molecular weight excluding hydrogens is 667 g/mol. The summed E-state index contributed by atoms with van der Waals surface area (Å²) < 4.78 is 9.01. The Labute approximate surface area is 310 Å². The Bertz CT molecular complexity index is 3020. The van der Waals surface area contributed by atoms with E-state index in [0.717, 1.165) is 61.4 Å². The van der Waals surface area contributed by atoms with E-state index in [1.807, 2.05) is 0 Å². The maximum absolute atomic E-state index is 6.56. The quantitative estimate of drug-likeness (QED) is 0.199. The molecule has 252 valence electrons. The van der Waals surface area contributed by atoms with E-state index in [0.29, 0.717) is 0 Å². The molecular formula is C48H33N3OS. The highest BCUT2D eigenvalue weighted by Crippen LogP contribution is 2.49. The molecule has 1 atom stereocenters. The Morgan fingerprint density at radius 3 is 2.19 bits per heavy atom. The third-order valence-corrected chi connectivity index (χ3v) is 12.4. The van der Waals surface area contributed by atoms with E-state index in [1.165, 1.54) is 42.4 Å². The van der Waals surface area contributed by atoms with Crippen LogP contribution >= 0.6 is 11.3 Å². The van der Waals surface area contributed by atoms with E-state index < -0.39 is 6.17 Å². The first-order valence-electron chi connectivity index (χ1n) is 18.1. The van der Waals surface area contributed by atoms with Crippen molar-refractivity contribution < 1.29 is 4.42 Å². The fraction of sp³-hybridized carbons (Fsp3) is 0.0833. The fourth-order valence-corrected chi connectivity index (χ4v) is 9.84. The predicted octanol–water partition coefficient (Wildman–Crippen LogP) is 12.4. The number of hydrogen-bond acceptors (Lipinski definition) is 5. The maximum atomic E-state index is 6.56. The molecule has 1 aliphatic heterocycles. The second kappa shape index (κ2) is 11.3. The third-order valence-electron chi connectivity index (χ3n) is 11.2. The average molecular weight is 700 g/mol. The Morgan fingerprint density at radius 1 is 0.585 bits per heavy atom. The first-order valence-corrected chi connectivity index (χ1v) is 18.9. The molecule has 0 saturated carbocycles. The molecule has 0 amide bonds. The van der Waals surface area contributed by atoms with Crippen LogP contribution in [0.3, 0.4) is 0 Å². The Morgan fingerprint density at radius 2 is 1.28 bits per heavy atom. The molecule has 53 heavy (non-hydrogen) atoms. The van der Waals surface area contributed by atoms with Gasteiger partial charge in [0.2, 0.25) is 0 Å².